The Hall–Kier alpha value is -2.15. The molecule has 1 aromatic carbocycles. The molecule has 0 radical (unpaired) electrons. The van der Waals surface area contributed by atoms with Gasteiger partial charge in [0.2, 0.25) is 5.75 Å². The summed E-state index contributed by atoms with van der Waals surface area (Å²) in [6, 6.07) is 3.36. The SMILES string of the molecule is O=C([O-])c1ccc([N+](=O)[O-])c(OCOCC23CC4CC(CC(C4)C2)C3)c1. The van der Waals surface area contributed by atoms with Gasteiger partial charge in [-0.3, -0.25) is 10.1 Å². The highest BCUT2D eigenvalue weighted by molar-refractivity contribution is 5.87. The van der Waals surface area contributed by atoms with Crippen molar-refractivity contribution in [2.45, 2.75) is 38.5 Å². The molecule has 0 spiro atoms. The number of nitrogens with zero attached hydrogens (tertiary/aromatic N) is 1. The Labute approximate surface area is 151 Å². The molecular weight excluding hydrogens is 338 g/mol. The minimum Gasteiger partial charge on any atom is -0.545 e. The van der Waals surface area contributed by atoms with E-state index in [9.17, 15) is 20.0 Å². The van der Waals surface area contributed by atoms with Gasteiger partial charge >= 0.3 is 5.69 Å². The Morgan fingerprint density at radius 2 is 1.77 bits per heavy atom. The molecule has 0 heterocycles. The predicted octanol–water partition coefficient (Wildman–Crippen LogP) is 2.53. The van der Waals surface area contributed by atoms with Crippen LogP contribution in [0.25, 0.3) is 0 Å². The van der Waals surface area contributed by atoms with Crippen LogP contribution in [-0.2, 0) is 4.74 Å². The molecule has 7 nitrogen and oxygen atoms in total. The second-order valence-corrected chi connectivity index (χ2v) is 8.26. The zero-order valence-electron chi connectivity index (χ0n) is 14.5. The smallest absolute Gasteiger partial charge is 0.311 e. The molecule has 0 aliphatic heterocycles. The van der Waals surface area contributed by atoms with Crippen molar-refractivity contribution < 1.29 is 24.3 Å². The number of hydrogen-bond donors (Lipinski definition) is 0. The first-order valence-electron chi connectivity index (χ1n) is 9.14. The zero-order chi connectivity index (χ0) is 18.3. The number of hydrogen-bond acceptors (Lipinski definition) is 6. The Balaban J connectivity index is 1.37. The second-order valence-electron chi connectivity index (χ2n) is 8.26. The fourth-order valence-corrected chi connectivity index (χ4v) is 5.74. The topological polar surface area (TPSA) is 102 Å². The van der Waals surface area contributed by atoms with Crippen LogP contribution >= 0.6 is 0 Å². The number of nitro groups is 1. The predicted molar refractivity (Wildman–Crippen MR) is 89.5 cm³/mol. The van der Waals surface area contributed by atoms with E-state index in [1.54, 1.807) is 0 Å². The summed E-state index contributed by atoms with van der Waals surface area (Å²) in [7, 11) is 0. The first-order chi connectivity index (χ1) is 12.4. The van der Waals surface area contributed by atoms with E-state index >= 15 is 0 Å². The maximum atomic E-state index is 11.1. The van der Waals surface area contributed by atoms with E-state index in [0.717, 1.165) is 36.0 Å². The second kappa shape index (κ2) is 6.54. The number of ether oxygens (including phenoxy) is 2. The highest BCUT2D eigenvalue weighted by Gasteiger charge is 2.50. The molecule has 0 atom stereocenters. The first kappa shape index (κ1) is 17.3. The van der Waals surface area contributed by atoms with E-state index in [0.29, 0.717) is 6.61 Å². The number of nitro benzene ring substituents is 1. The third kappa shape index (κ3) is 3.28. The van der Waals surface area contributed by atoms with Gasteiger partial charge in [-0.25, -0.2) is 0 Å². The lowest BCUT2D eigenvalue weighted by Crippen LogP contribution is -2.48. The van der Waals surface area contributed by atoms with Crippen LogP contribution in [0.15, 0.2) is 18.2 Å². The monoisotopic (exact) mass is 360 g/mol. The third-order valence-electron chi connectivity index (χ3n) is 6.26. The summed E-state index contributed by atoms with van der Waals surface area (Å²) in [4.78, 5) is 21.4. The molecule has 5 rings (SSSR count). The average Bonchev–Trinajstić information content (AvgIpc) is 2.57. The van der Waals surface area contributed by atoms with Crippen molar-refractivity contribution in [1.82, 2.24) is 0 Å². The molecule has 1 aromatic rings. The zero-order valence-corrected chi connectivity index (χ0v) is 14.5. The number of carboxylic acid groups (broad SMARTS) is 1. The molecule has 4 saturated carbocycles. The van der Waals surface area contributed by atoms with Crippen molar-refractivity contribution in [3.05, 3.63) is 33.9 Å². The van der Waals surface area contributed by atoms with Gasteiger partial charge in [0.15, 0.2) is 6.79 Å². The fourth-order valence-electron chi connectivity index (χ4n) is 5.74. The van der Waals surface area contributed by atoms with Crippen LogP contribution in [0.2, 0.25) is 0 Å². The van der Waals surface area contributed by atoms with Crippen LogP contribution < -0.4 is 9.84 Å². The number of carboxylic acids is 1. The van der Waals surface area contributed by atoms with Crippen molar-refractivity contribution in [2.75, 3.05) is 13.4 Å². The summed E-state index contributed by atoms with van der Waals surface area (Å²) in [6.07, 6.45) is 7.70. The molecule has 0 unspecified atom stereocenters. The summed E-state index contributed by atoms with van der Waals surface area (Å²) in [5.41, 5.74) is -0.211. The van der Waals surface area contributed by atoms with Crippen molar-refractivity contribution >= 4 is 11.7 Å². The lowest BCUT2D eigenvalue weighted by molar-refractivity contribution is -0.386. The summed E-state index contributed by atoms with van der Waals surface area (Å²) in [5, 5.41) is 22.0. The normalized spacial score (nSPS) is 31.8. The molecule has 0 amide bonds. The minimum atomic E-state index is -1.40. The maximum Gasteiger partial charge on any atom is 0.311 e. The Bertz CT molecular complexity index is 695. The highest BCUT2D eigenvalue weighted by atomic mass is 16.7. The van der Waals surface area contributed by atoms with E-state index in [-0.39, 0.29) is 29.2 Å². The van der Waals surface area contributed by atoms with Crippen LogP contribution in [0.1, 0.15) is 48.9 Å². The van der Waals surface area contributed by atoms with E-state index in [2.05, 4.69) is 0 Å². The lowest BCUT2D eigenvalue weighted by atomic mass is 9.50. The van der Waals surface area contributed by atoms with Crippen LogP contribution in [0.3, 0.4) is 0 Å². The molecule has 26 heavy (non-hydrogen) atoms. The van der Waals surface area contributed by atoms with Gasteiger partial charge in [-0.2, -0.15) is 0 Å². The van der Waals surface area contributed by atoms with Gasteiger partial charge in [0.1, 0.15) is 0 Å². The van der Waals surface area contributed by atoms with E-state index in [4.69, 9.17) is 9.47 Å². The average molecular weight is 360 g/mol. The standard InChI is InChI=1S/C19H23NO6/c21-18(22)15-1-2-16(20(23)24)17(6-15)26-11-25-10-19-7-12-3-13(8-19)5-14(4-12)9-19/h1-2,6,12-14H,3-5,7-11H2,(H,21,22)/p-1. The summed E-state index contributed by atoms with van der Waals surface area (Å²) in [5.74, 6) is 0.964. The number of carbonyl (C=O) groups excluding carboxylic acids is 1. The summed E-state index contributed by atoms with van der Waals surface area (Å²) < 4.78 is 11.1. The molecule has 4 fully saturated rings. The third-order valence-corrected chi connectivity index (χ3v) is 6.26. The molecule has 4 aliphatic rings. The molecule has 0 aromatic heterocycles. The van der Waals surface area contributed by atoms with Crippen LogP contribution in [0.5, 0.6) is 5.75 Å². The van der Waals surface area contributed by atoms with E-state index in [1.165, 1.54) is 38.5 Å². The number of aromatic carboxylic acids is 1. The summed E-state index contributed by atoms with van der Waals surface area (Å²) >= 11 is 0. The molecule has 0 saturated heterocycles. The van der Waals surface area contributed by atoms with Crippen molar-refractivity contribution in [3.63, 3.8) is 0 Å². The number of rotatable bonds is 7. The Morgan fingerprint density at radius 3 is 2.31 bits per heavy atom. The molecule has 4 bridgehead atoms. The summed E-state index contributed by atoms with van der Waals surface area (Å²) in [6.45, 7) is 0.476. The molecule has 140 valence electrons. The fraction of sp³-hybridized carbons (Fsp3) is 0.632. The van der Waals surface area contributed by atoms with Gasteiger partial charge < -0.3 is 19.4 Å². The molecular formula is C19H22NO6-. The quantitative estimate of drug-likeness (QED) is 0.320. The maximum absolute atomic E-state index is 11.1. The van der Waals surface area contributed by atoms with E-state index < -0.39 is 10.9 Å². The molecule has 0 N–H and O–H groups in total. The largest absolute Gasteiger partial charge is 0.545 e. The van der Waals surface area contributed by atoms with Crippen LogP contribution in [0, 0.1) is 33.3 Å². The lowest BCUT2D eigenvalue weighted by Gasteiger charge is -2.56. The van der Waals surface area contributed by atoms with E-state index in [1.807, 2.05) is 0 Å². The number of benzene rings is 1. The molecule has 7 heteroatoms. The minimum absolute atomic E-state index is 0.109. The Morgan fingerprint density at radius 1 is 1.15 bits per heavy atom. The van der Waals surface area contributed by atoms with Gasteiger partial charge in [-0.05, 0) is 73.8 Å². The van der Waals surface area contributed by atoms with Gasteiger partial charge in [-0.1, -0.05) is 0 Å². The van der Waals surface area contributed by atoms with Gasteiger partial charge in [0.05, 0.1) is 17.5 Å². The van der Waals surface area contributed by atoms with Gasteiger partial charge in [0.25, 0.3) is 0 Å². The van der Waals surface area contributed by atoms with Crippen molar-refractivity contribution in [1.29, 1.82) is 0 Å². The molecule has 4 aliphatic carbocycles. The van der Waals surface area contributed by atoms with Crippen molar-refractivity contribution in [3.8, 4) is 5.75 Å². The number of carbonyl (C=O) groups is 1. The van der Waals surface area contributed by atoms with Crippen molar-refractivity contribution in [2.24, 2.45) is 23.2 Å². The van der Waals surface area contributed by atoms with Gasteiger partial charge in [-0.15, -0.1) is 0 Å². The van der Waals surface area contributed by atoms with Crippen LogP contribution in [-0.4, -0.2) is 24.3 Å². The van der Waals surface area contributed by atoms with Crippen LogP contribution in [0.4, 0.5) is 5.69 Å². The van der Waals surface area contributed by atoms with Gasteiger partial charge in [0, 0.05) is 11.6 Å². The Kier molecular flexibility index (Phi) is 4.34. The first-order valence-corrected chi connectivity index (χ1v) is 9.14. The highest BCUT2D eigenvalue weighted by Crippen LogP contribution is 2.60.